The summed E-state index contributed by atoms with van der Waals surface area (Å²) in [5.74, 6) is 1.13. The molecule has 1 aromatic heterocycles. The van der Waals surface area contributed by atoms with E-state index in [-0.39, 0.29) is 23.8 Å². The Morgan fingerprint density at radius 1 is 1.27 bits per heavy atom. The standard InChI is InChI=1S/C14H20N6O2/c1-8-7-10(17-13(15)16-8)20-5-3-9(4-6-20)11-12(21)19(2)14(22)18-11/h7,9,11H,3-6H2,1-2H3,(H,18,22)(H2,15,16,17). The van der Waals surface area contributed by atoms with Gasteiger partial charge in [0.2, 0.25) is 5.95 Å². The van der Waals surface area contributed by atoms with Crippen LogP contribution in [0.4, 0.5) is 16.6 Å². The molecule has 3 rings (SSSR count). The zero-order chi connectivity index (χ0) is 15.9. The number of carbonyl (C=O) groups excluding carboxylic acids is 2. The summed E-state index contributed by atoms with van der Waals surface area (Å²) in [5.41, 5.74) is 6.53. The molecule has 22 heavy (non-hydrogen) atoms. The van der Waals surface area contributed by atoms with Gasteiger partial charge in [-0.2, -0.15) is 4.98 Å². The van der Waals surface area contributed by atoms with Crippen molar-refractivity contribution < 1.29 is 9.59 Å². The van der Waals surface area contributed by atoms with Crippen LogP contribution in [-0.4, -0.2) is 53.0 Å². The van der Waals surface area contributed by atoms with Crippen molar-refractivity contribution in [2.45, 2.75) is 25.8 Å². The normalized spacial score (nSPS) is 23.1. The summed E-state index contributed by atoms with van der Waals surface area (Å²) < 4.78 is 0. The molecule has 0 aromatic carbocycles. The van der Waals surface area contributed by atoms with Gasteiger partial charge in [0.05, 0.1) is 0 Å². The van der Waals surface area contributed by atoms with Gasteiger partial charge in [-0.25, -0.2) is 9.78 Å². The number of nitrogens with two attached hydrogens (primary N) is 1. The van der Waals surface area contributed by atoms with Gasteiger partial charge in [0, 0.05) is 31.9 Å². The second-order valence-corrected chi connectivity index (χ2v) is 5.87. The minimum Gasteiger partial charge on any atom is -0.368 e. The Morgan fingerprint density at radius 3 is 2.50 bits per heavy atom. The van der Waals surface area contributed by atoms with Gasteiger partial charge in [-0.1, -0.05) is 0 Å². The van der Waals surface area contributed by atoms with Crippen LogP contribution in [0.3, 0.4) is 0 Å². The molecule has 118 valence electrons. The average Bonchev–Trinajstić information content (AvgIpc) is 2.74. The van der Waals surface area contributed by atoms with Crippen LogP contribution in [0.15, 0.2) is 6.07 Å². The zero-order valence-electron chi connectivity index (χ0n) is 12.7. The Kier molecular flexibility index (Phi) is 3.59. The third-order valence-corrected chi connectivity index (χ3v) is 4.37. The summed E-state index contributed by atoms with van der Waals surface area (Å²) in [4.78, 5) is 35.2. The number of amides is 3. The molecule has 0 spiro atoms. The highest BCUT2D eigenvalue weighted by Crippen LogP contribution is 2.27. The van der Waals surface area contributed by atoms with Gasteiger partial charge >= 0.3 is 6.03 Å². The molecule has 3 amide bonds. The molecule has 1 aromatic rings. The van der Waals surface area contributed by atoms with Gasteiger partial charge in [0.1, 0.15) is 11.9 Å². The van der Waals surface area contributed by atoms with Crippen molar-refractivity contribution in [3.8, 4) is 0 Å². The Morgan fingerprint density at radius 2 is 1.95 bits per heavy atom. The Hall–Kier alpha value is -2.38. The molecular formula is C14H20N6O2. The van der Waals surface area contributed by atoms with Gasteiger partial charge in [-0.3, -0.25) is 9.69 Å². The lowest BCUT2D eigenvalue weighted by Gasteiger charge is -2.34. The van der Waals surface area contributed by atoms with Crippen LogP contribution in [0, 0.1) is 12.8 Å². The number of carbonyl (C=O) groups is 2. The Bertz CT molecular complexity index is 591. The van der Waals surface area contributed by atoms with E-state index in [2.05, 4.69) is 20.2 Å². The van der Waals surface area contributed by atoms with Crippen molar-refractivity contribution in [1.82, 2.24) is 20.2 Å². The maximum atomic E-state index is 12.0. The van der Waals surface area contributed by atoms with Crippen molar-refractivity contribution >= 4 is 23.7 Å². The molecule has 0 bridgehead atoms. The molecule has 3 heterocycles. The fourth-order valence-corrected chi connectivity index (χ4v) is 3.12. The number of hydrogen-bond acceptors (Lipinski definition) is 6. The minimum absolute atomic E-state index is 0.134. The summed E-state index contributed by atoms with van der Waals surface area (Å²) in [6.45, 7) is 3.45. The number of nitrogens with one attached hydrogen (secondary N) is 1. The van der Waals surface area contributed by atoms with Gasteiger partial charge in [-0.15, -0.1) is 0 Å². The first kappa shape index (κ1) is 14.6. The Labute approximate surface area is 128 Å². The number of hydrogen-bond donors (Lipinski definition) is 2. The fourth-order valence-electron chi connectivity index (χ4n) is 3.12. The number of rotatable bonds is 2. The monoisotopic (exact) mass is 304 g/mol. The highest BCUT2D eigenvalue weighted by Gasteiger charge is 2.41. The van der Waals surface area contributed by atoms with Crippen molar-refractivity contribution in [3.63, 3.8) is 0 Å². The second-order valence-electron chi connectivity index (χ2n) is 5.87. The number of anilines is 2. The lowest BCUT2D eigenvalue weighted by Crippen LogP contribution is -2.44. The Balaban J connectivity index is 1.65. The predicted molar refractivity (Wildman–Crippen MR) is 81.2 cm³/mol. The van der Waals surface area contributed by atoms with Crippen LogP contribution in [-0.2, 0) is 4.79 Å². The van der Waals surface area contributed by atoms with E-state index in [4.69, 9.17) is 5.73 Å². The number of likely N-dealkylation sites (N-methyl/N-ethyl adjacent to an activating group) is 1. The van der Waals surface area contributed by atoms with E-state index in [1.54, 1.807) is 0 Å². The molecule has 8 nitrogen and oxygen atoms in total. The topological polar surface area (TPSA) is 104 Å². The molecule has 1 atom stereocenters. The number of aryl methyl sites for hydroxylation is 1. The molecule has 0 radical (unpaired) electrons. The van der Waals surface area contributed by atoms with Crippen molar-refractivity contribution in [3.05, 3.63) is 11.8 Å². The van der Waals surface area contributed by atoms with Gasteiger partial charge in [0.25, 0.3) is 5.91 Å². The SMILES string of the molecule is Cc1cc(N2CCC(C3NC(=O)N(C)C3=O)CC2)nc(N)n1. The van der Waals surface area contributed by atoms with E-state index >= 15 is 0 Å². The number of aromatic nitrogens is 2. The molecule has 0 saturated carbocycles. The van der Waals surface area contributed by atoms with E-state index in [1.807, 2.05) is 13.0 Å². The van der Waals surface area contributed by atoms with E-state index in [0.29, 0.717) is 0 Å². The van der Waals surface area contributed by atoms with Gasteiger partial charge in [-0.05, 0) is 25.7 Å². The zero-order valence-corrected chi connectivity index (χ0v) is 12.7. The largest absolute Gasteiger partial charge is 0.368 e. The number of urea groups is 1. The molecule has 8 heteroatoms. The molecule has 1 unspecified atom stereocenters. The molecular weight excluding hydrogens is 284 g/mol. The molecule has 3 N–H and O–H groups in total. The fraction of sp³-hybridized carbons (Fsp3) is 0.571. The van der Waals surface area contributed by atoms with Crippen molar-refractivity contribution in [2.75, 3.05) is 30.8 Å². The van der Waals surface area contributed by atoms with E-state index in [0.717, 1.165) is 42.3 Å². The average molecular weight is 304 g/mol. The smallest absolute Gasteiger partial charge is 0.324 e. The molecule has 2 fully saturated rings. The summed E-state index contributed by atoms with van der Waals surface area (Å²) in [5, 5.41) is 2.77. The van der Waals surface area contributed by atoms with E-state index < -0.39 is 6.04 Å². The summed E-state index contributed by atoms with van der Waals surface area (Å²) >= 11 is 0. The number of nitrogens with zero attached hydrogens (tertiary/aromatic N) is 4. The van der Waals surface area contributed by atoms with E-state index in [9.17, 15) is 9.59 Å². The van der Waals surface area contributed by atoms with Crippen LogP contribution < -0.4 is 16.0 Å². The first-order valence-corrected chi connectivity index (χ1v) is 7.40. The first-order chi connectivity index (χ1) is 10.5. The highest BCUT2D eigenvalue weighted by molar-refractivity contribution is 6.04. The first-order valence-electron chi connectivity index (χ1n) is 7.40. The maximum Gasteiger partial charge on any atom is 0.324 e. The number of piperidine rings is 1. The van der Waals surface area contributed by atoms with Crippen LogP contribution in [0.25, 0.3) is 0 Å². The maximum absolute atomic E-state index is 12.0. The van der Waals surface area contributed by atoms with Crippen molar-refractivity contribution in [2.24, 2.45) is 5.92 Å². The second kappa shape index (κ2) is 5.43. The lowest BCUT2D eigenvalue weighted by molar-refractivity contribution is -0.127. The summed E-state index contributed by atoms with van der Waals surface area (Å²) in [7, 11) is 1.51. The number of imide groups is 1. The molecule has 2 saturated heterocycles. The molecule has 0 aliphatic carbocycles. The van der Waals surface area contributed by atoms with Gasteiger partial charge < -0.3 is 16.0 Å². The number of nitrogen functional groups attached to an aromatic ring is 1. The summed E-state index contributed by atoms with van der Waals surface area (Å²) in [6, 6.07) is 1.21. The molecule has 2 aliphatic heterocycles. The van der Waals surface area contributed by atoms with Crippen LogP contribution in [0.2, 0.25) is 0 Å². The van der Waals surface area contributed by atoms with E-state index in [1.165, 1.54) is 7.05 Å². The van der Waals surface area contributed by atoms with Crippen LogP contribution in [0.5, 0.6) is 0 Å². The summed E-state index contributed by atoms with van der Waals surface area (Å²) in [6.07, 6.45) is 1.65. The third kappa shape index (κ3) is 2.56. The van der Waals surface area contributed by atoms with Crippen LogP contribution in [0.1, 0.15) is 18.5 Å². The molecule has 2 aliphatic rings. The lowest BCUT2D eigenvalue weighted by atomic mass is 9.89. The predicted octanol–water partition coefficient (Wildman–Crippen LogP) is 0.134. The quantitative estimate of drug-likeness (QED) is 0.753. The minimum atomic E-state index is -0.392. The van der Waals surface area contributed by atoms with Crippen LogP contribution >= 0.6 is 0 Å². The van der Waals surface area contributed by atoms with Gasteiger partial charge in [0.15, 0.2) is 0 Å². The highest BCUT2D eigenvalue weighted by atomic mass is 16.2. The third-order valence-electron chi connectivity index (χ3n) is 4.37. The van der Waals surface area contributed by atoms with Crippen molar-refractivity contribution in [1.29, 1.82) is 0 Å².